The highest BCUT2D eigenvalue weighted by Gasteiger charge is 2.09. The number of carbonyl (C=O) groups excluding carboxylic acids is 1. The predicted molar refractivity (Wildman–Crippen MR) is 90.8 cm³/mol. The van der Waals surface area contributed by atoms with E-state index in [0.717, 1.165) is 0 Å². The van der Waals surface area contributed by atoms with Gasteiger partial charge < -0.3 is 16.0 Å². The maximum atomic E-state index is 11.5. The Balaban J connectivity index is 4.33. The molecular weight excluding hydrogens is 304 g/mol. The lowest BCUT2D eigenvalue weighted by Crippen LogP contribution is -2.43. The van der Waals surface area contributed by atoms with E-state index in [2.05, 4.69) is 20.9 Å². The van der Waals surface area contributed by atoms with Gasteiger partial charge in [-0.25, -0.2) is 8.42 Å². The number of carbonyl (C=O) groups is 1. The summed E-state index contributed by atoms with van der Waals surface area (Å²) in [6.07, 6.45) is 2.07. The molecule has 0 bridgehead atoms. The van der Waals surface area contributed by atoms with Crippen molar-refractivity contribution in [1.29, 1.82) is 0 Å². The Morgan fingerprint density at radius 1 is 1.18 bits per heavy atom. The third-order valence-corrected chi connectivity index (χ3v) is 3.68. The Labute approximate surface area is 134 Å². The number of hydrogen-bond acceptors (Lipinski definition) is 4. The Hall–Kier alpha value is -1.31. The first kappa shape index (κ1) is 20.7. The summed E-state index contributed by atoms with van der Waals surface area (Å²) in [6, 6.07) is 0.107. The molecule has 130 valence electrons. The third-order valence-electron chi connectivity index (χ3n) is 2.71. The van der Waals surface area contributed by atoms with Crippen LogP contribution >= 0.6 is 0 Å². The lowest BCUT2D eigenvalue weighted by molar-refractivity contribution is -0.121. The van der Waals surface area contributed by atoms with E-state index in [4.69, 9.17) is 0 Å². The zero-order valence-electron chi connectivity index (χ0n) is 14.3. The van der Waals surface area contributed by atoms with Gasteiger partial charge in [0.25, 0.3) is 0 Å². The van der Waals surface area contributed by atoms with E-state index in [1.165, 1.54) is 6.26 Å². The molecule has 0 heterocycles. The maximum Gasteiger partial charge on any atom is 0.222 e. The summed E-state index contributed by atoms with van der Waals surface area (Å²) in [6.45, 7) is 8.76. The van der Waals surface area contributed by atoms with Gasteiger partial charge in [0.05, 0.1) is 12.3 Å². The second-order valence-electron chi connectivity index (χ2n) is 5.70. The van der Waals surface area contributed by atoms with Crippen LogP contribution in [0.4, 0.5) is 0 Å². The molecule has 0 aromatic heterocycles. The molecule has 0 saturated carbocycles. The summed E-state index contributed by atoms with van der Waals surface area (Å²) < 4.78 is 22.3. The molecular formula is C14H30N4O3S. The maximum absolute atomic E-state index is 11.5. The summed E-state index contributed by atoms with van der Waals surface area (Å²) >= 11 is 0. The molecule has 7 nitrogen and oxygen atoms in total. The topological polar surface area (TPSA) is 99.7 Å². The highest BCUT2D eigenvalue weighted by atomic mass is 32.2. The van der Waals surface area contributed by atoms with E-state index in [1.54, 1.807) is 0 Å². The molecule has 0 rings (SSSR count). The van der Waals surface area contributed by atoms with Crippen LogP contribution in [0.5, 0.6) is 0 Å². The quantitative estimate of drug-likeness (QED) is 0.415. The van der Waals surface area contributed by atoms with Gasteiger partial charge in [0.15, 0.2) is 5.96 Å². The van der Waals surface area contributed by atoms with Crippen LogP contribution in [-0.2, 0) is 14.6 Å². The van der Waals surface area contributed by atoms with Crippen LogP contribution in [0.3, 0.4) is 0 Å². The first-order chi connectivity index (χ1) is 10.1. The number of rotatable bonds is 9. The molecule has 0 saturated heterocycles. The lowest BCUT2D eigenvalue weighted by atomic mass is 10.3. The first-order valence-corrected chi connectivity index (χ1v) is 9.72. The molecule has 0 radical (unpaired) electrons. The fraction of sp³-hybridized carbons (Fsp3) is 0.857. The van der Waals surface area contributed by atoms with Crippen molar-refractivity contribution in [1.82, 2.24) is 16.0 Å². The highest BCUT2D eigenvalue weighted by molar-refractivity contribution is 7.90. The molecule has 1 amide bonds. The lowest BCUT2D eigenvalue weighted by Gasteiger charge is -2.17. The van der Waals surface area contributed by atoms with Crippen LogP contribution in [-0.4, -0.2) is 57.5 Å². The average molecular weight is 334 g/mol. The normalized spacial score (nSPS) is 13.8. The Morgan fingerprint density at radius 3 is 2.32 bits per heavy atom. The molecule has 0 aliphatic heterocycles. The second-order valence-corrected chi connectivity index (χ2v) is 7.96. The van der Waals surface area contributed by atoms with Gasteiger partial charge in [-0.2, -0.15) is 0 Å². The fourth-order valence-electron chi connectivity index (χ4n) is 1.68. The van der Waals surface area contributed by atoms with Crippen molar-refractivity contribution in [2.24, 2.45) is 4.99 Å². The standard InChI is InChI=1S/C14H30N4O3S/c1-6-15-14(16-9-7-13(19)17-11(2)3)18-12(4)8-10-22(5,20)21/h11-12H,6-10H2,1-5H3,(H,17,19)(H2,15,16,18). The zero-order valence-corrected chi connectivity index (χ0v) is 15.1. The van der Waals surface area contributed by atoms with E-state index in [0.29, 0.717) is 31.9 Å². The number of hydrogen-bond donors (Lipinski definition) is 3. The molecule has 0 aromatic carbocycles. The Kier molecular flexibility index (Phi) is 9.80. The molecule has 0 aliphatic carbocycles. The van der Waals surface area contributed by atoms with Crippen LogP contribution in [0.1, 0.15) is 40.5 Å². The summed E-state index contributed by atoms with van der Waals surface area (Å²) in [5.74, 6) is 0.706. The molecule has 1 unspecified atom stereocenters. The smallest absolute Gasteiger partial charge is 0.222 e. The third kappa shape index (κ3) is 12.4. The number of aliphatic imine (C=N–C) groups is 1. The predicted octanol–water partition coefficient (Wildman–Crippen LogP) is 0.279. The van der Waals surface area contributed by atoms with E-state index in [-0.39, 0.29) is 23.7 Å². The molecule has 0 aromatic rings. The largest absolute Gasteiger partial charge is 0.357 e. The minimum absolute atomic E-state index is 0.0167. The zero-order chi connectivity index (χ0) is 17.2. The van der Waals surface area contributed by atoms with Crippen molar-refractivity contribution in [2.75, 3.05) is 25.1 Å². The number of nitrogens with one attached hydrogen (secondary N) is 3. The van der Waals surface area contributed by atoms with E-state index < -0.39 is 9.84 Å². The van der Waals surface area contributed by atoms with Crippen molar-refractivity contribution in [2.45, 2.75) is 52.6 Å². The van der Waals surface area contributed by atoms with Crippen LogP contribution in [0.25, 0.3) is 0 Å². The number of nitrogens with zero attached hydrogens (tertiary/aromatic N) is 1. The Morgan fingerprint density at radius 2 is 1.82 bits per heavy atom. The molecule has 0 fully saturated rings. The minimum atomic E-state index is -2.96. The SMILES string of the molecule is CCNC(=NCCC(=O)NC(C)C)NC(C)CCS(C)(=O)=O. The van der Waals surface area contributed by atoms with Crippen molar-refractivity contribution in [3.05, 3.63) is 0 Å². The van der Waals surface area contributed by atoms with E-state index in [1.807, 2.05) is 27.7 Å². The summed E-state index contributed by atoms with van der Waals surface area (Å²) in [4.78, 5) is 15.9. The highest BCUT2D eigenvalue weighted by Crippen LogP contribution is 1.95. The van der Waals surface area contributed by atoms with Crippen molar-refractivity contribution >= 4 is 21.7 Å². The average Bonchev–Trinajstić information content (AvgIpc) is 2.34. The summed E-state index contributed by atoms with van der Waals surface area (Å²) in [5, 5.41) is 9.04. The van der Waals surface area contributed by atoms with Crippen molar-refractivity contribution < 1.29 is 13.2 Å². The van der Waals surface area contributed by atoms with E-state index >= 15 is 0 Å². The molecule has 3 N–H and O–H groups in total. The van der Waals surface area contributed by atoms with Gasteiger partial charge in [-0.1, -0.05) is 0 Å². The van der Waals surface area contributed by atoms with Gasteiger partial charge in [0, 0.05) is 31.3 Å². The van der Waals surface area contributed by atoms with Gasteiger partial charge in [-0.3, -0.25) is 9.79 Å². The van der Waals surface area contributed by atoms with Crippen molar-refractivity contribution in [3.8, 4) is 0 Å². The molecule has 8 heteroatoms. The molecule has 0 spiro atoms. The van der Waals surface area contributed by atoms with Gasteiger partial charge in [0.2, 0.25) is 5.91 Å². The molecule has 0 aliphatic rings. The molecule has 1 atom stereocenters. The first-order valence-electron chi connectivity index (χ1n) is 7.66. The van der Waals surface area contributed by atoms with Gasteiger partial charge >= 0.3 is 0 Å². The number of sulfone groups is 1. The number of guanidine groups is 1. The van der Waals surface area contributed by atoms with Crippen LogP contribution in [0.2, 0.25) is 0 Å². The summed E-state index contributed by atoms with van der Waals surface area (Å²) in [7, 11) is -2.96. The van der Waals surface area contributed by atoms with Gasteiger partial charge in [-0.05, 0) is 34.1 Å². The summed E-state index contributed by atoms with van der Waals surface area (Å²) in [5.41, 5.74) is 0. The number of amides is 1. The van der Waals surface area contributed by atoms with Crippen LogP contribution < -0.4 is 16.0 Å². The van der Waals surface area contributed by atoms with Crippen molar-refractivity contribution in [3.63, 3.8) is 0 Å². The monoisotopic (exact) mass is 334 g/mol. The van der Waals surface area contributed by atoms with Gasteiger partial charge in [0.1, 0.15) is 9.84 Å². The van der Waals surface area contributed by atoms with Crippen LogP contribution in [0, 0.1) is 0 Å². The minimum Gasteiger partial charge on any atom is -0.357 e. The van der Waals surface area contributed by atoms with E-state index in [9.17, 15) is 13.2 Å². The van der Waals surface area contributed by atoms with Crippen LogP contribution in [0.15, 0.2) is 4.99 Å². The fourth-order valence-corrected chi connectivity index (χ4v) is 2.46. The van der Waals surface area contributed by atoms with Gasteiger partial charge in [-0.15, -0.1) is 0 Å². The Bertz CT molecular complexity index is 461. The second kappa shape index (κ2) is 10.4. The molecule has 22 heavy (non-hydrogen) atoms.